The van der Waals surface area contributed by atoms with Gasteiger partial charge in [0.1, 0.15) is 12.4 Å². The normalized spacial score (nSPS) is 10.4. The Kier molecular flexibility index (Phi) is 6.86. The number of halogens is 1. The van der Waals surface area contributed by atoms with Crippen LogP contribution in [0.15, 0.2) is 65.2 Å². The maximum absolute atomic E-state index is 12.2. The van der Waals surface area contributed by atoms with Crippen LogP contribution in [-0.4, -0.2) is 48.6 Å². The average Bonchev–Trinajstić information content (AvgIpc) is 3.23. The number of hydrogen-bond acceptors (Lipinski definition) is 5. The van der Waals surface area contributed by atoms with Gasteiger partial charge in [-0.15, -0.1) is 0 Å². The number of hydrogen-bond donors (Lipinski definition) is 1. The summed E-state index contributed by atoms with van der Waals surface area (Å²) in [7, 11) is 1.64. The van der Waals surface area contributed by atoms with E-state index in [0.717, 1.165) is 5.56 Å². The van der Waals surface area contributed by atoms with Crippen molar-refractivity contribution in [3.8, 4) is 17.1 Å². The lowest BCUT2D eigenvalue weighted by atomic mass is 10.1. The quantitative estimate of drug-likeness (QED) is 0.612. The first-order valence-electron chi connectivity index (χ1n) is 8.95. The molecule has 1 N–H and O–H groups in total. The first-order valence-corrected chi connectivity index (χ1v) is 9.33. The molecule has 3 rings (SSSR count). The van der Waals surface area contributed by atoms with Crippen LogP contribution < -0.4 is 10.1 Å². The highest BCUT2D eigenvalue weighted by atomic mass is 35.5. The predicted octanol–water partition coefficient (Wildman–Crippen LogP) is 3.26. The summed E-state index contributed by atoms with van der Waals surface area (Å²) < 4.78 is 10.8. The Morgan fingerprint density at radius 3 is 2.69 bits per heavy atom. The standard InChI is InChI=1S/C21H20ClN3O4/c1-25(10-11-28-17-9-5-8-16(22)12-17)20(26)14-23-21(27)18-13-19(29-24-18)15-6-3-2-4-7-15/h2-9,12-13H,10-11,14H2,1H3,(H,23,27). The summed E-state index contributed by atoms with van der Waals surface area (Å²) in [5.41, 5.74) is 0.929. The number of ether oxygens (including phenoxy) is 1. The van der Waals surface area contributed by atoms with E-state index in [9.17, 15) is 9.59 Å². The molecule has 8 heteroatoms. The molecule has 1 aromatic heterocycles. The number of nitrogens with one attached hydrogen (secondary N) is 1. The molecule has 2 aromatic carbocycles. The van der Waals surface area contributed by atoms with E-state index in [-0.39, 0.29) is 18.1 Å². The summed E-state index contributed by atoms with van der Waals surface area (Å²) in [6, 6.07) is 17.9. The lowest BCUT2D eigenvalue weighted by molar-refractivity contribution is -0.129. The van der Waals surface area contributed by atoms with E-state index in [1.807, 2.05) is 30.3 Å². The van der Waals surface area contributed by atoms with E-state index in [1.165, 1.54) is 11.0 Å². The van der Waals surface area contributed by atoms with Crippen molar-refractivity contribution in [2.45, 2.75) is 0 Å². The van der Waals surface area contributed by atoms with Gasteiger partial charge >= 0.3 is 0 Å². The number of carbonyl (C=O) groups excluding carboxylic acids is 2. The number of nitrogens with zero attached hydrogens (tertiary/aromatic N) is 2. The van der Waals surface area contributed by atoms with Crippen molar-refractivity contribution in [2.75, 3.05) is 26.7 Å². The van der Waals surface area contributed by atoms with Gasteiger partial charge in [-0.2, -0.15) is 0 Å². The van der Waals surface area contributed by atoms with Crippen molar-refractivity contribution in [1.82, 2.24) is 15.4 Å². The van der Waals surface area contributed by atoms with E-state index in [1.54, 1.807) is 31.3 Å². The maximum Gasteiger partial charge on any atom is 0.273 e. The van der Waals surface area contributed by atoms with Crippen LogP contribution in [0.25, 0.3) is 11.3 Å². The third kappa shape index (κ3) is 5.83. The van der Waals surface area contributed by atoms with Crippen LogP contribution in [0.1, 0.15) is 10.5 Å². The van der Waals surface area contributed by atoms with Gasteiger partial charge in [0, 0.05) is 23.7 Å². The zero-order chi connectivity index (χ0) is 20.6. The maximum atomic E-state index is 12.2. The van der Waals surface area contributed by atoms with Crippen molar-refractivity contribution in [1.29, 1.82) is 0 Å². The van der Waals surface area contributed by atoms with Gasteiger partial charge in [-0.05, 0) is 18.2 Å². The number of benzene rings is 2. The Bertz CT molecular complexity index is 975. The van der Waals surface area contributed by atoms with Crippen molar-refractivity contribution < 1.29 is 18.8 Å². The summed E-state index contributed by atoms with van der Waals surface area (Å²) in [5.74, 6) is 0.386. The monoisotopic (exact) mass is 413 g/mol. The van der Waals surface area contributed by atoms with Crippen molar-refractivity contribution in [3.63, 3.8) is 0 Å². The van der Waals surface area contributed by atoms with Crippen molar-refractivity contribution >= 4 is 23.4 Å². The van der Waals surface area contributed by atoms with Crippen LogP contribution in [0.5, 0.6) is 5.75 Å². The molecule has 0 bridgehead atoms. The predicted molar refractivity (Wildman–Crippen MR) is 109 cm³/mol. The van der Waals surface area contributed by atoms with Crippen molar-refractivity contribution in [2.24, 2.45) is 0 Å². The molecule has 0 fully saturated rings. The highest BCUT2D eigenvalue weighted by Crippen LogP contribution is 2.19. The number of rotatable bonds is 8. The minimum absolute atomic E-state index is 0.114. The molecule has 150 valence electrons. The lowest BCUT2D eigenvalue weighted by Crippen LogP contribution is -2.39. The second-order valence-corrected chi connectivity index (χ2v) is 6.68. The second-order valence-electron chi connectivity index (χ2n) is 6.25. The molecule has 0 radical (unpaired) electrons. The van der Waals surface area contributed by atoms with Gasteiger partial charge in [-0.1, -0.05) is 53.2 Å². The van der Waals surface area contributed by atoms with E-state index >= 15 is 0 Å². The van der Waals surface area contributed by atoms with Gasteiger partial charge in [-0.3, -0.25) is 9.59 Å². The van der Waals surface area contributed by atoms with E-state index < -0.39 is 5.91 Å². The summed E-state index contributed by atoms with van der Waals surface area (Å²) in [4.78, 5) is 25.9. The third-order valence-corrected chi connectivity index (χ3v) is 4.35. The molecule has 29 heavy (non-hydrogen) atoms. The Balaban J connectivity index is 1.43. The molecule has 0 saturated carbocycles. The molecule has 0 saturated heterocycles. The lowest BCUT2D eigenvalue weighted by Gasteiger charge is -2.17. The molecule has 0 aliphatic carbocycles. The van der Waals surface area contributed by atoms with Gasteiger partial charge in [-0.25, -0.2) is 0 Å². The first-order chi connectivity index (χ1) is 14.0. The molecule has 7 nitrogen and oxygen atoms in total. The molecule has 0 atom stereocenters. The molecule has 2 amide bonds. The van der Waals surface area contributed by atoms with Crippen LogP contribution >= 0.6 is 11.6 Å². The molecule has 0 unspecified atom stereocenters. The smallest absolute Gasteiger partial charge is 0.273 e. The molecule has 0 spiro atoms. The Morgan fingerprint density at radius 1 is 1.14 bits per heavy atom. The highest BCUT2D eigenvalue weighted by molar-refractivity contribution is 6.30. The molecular weight excluding hydrogens is 394 g/mol. The molecule has 1 heterocycles. The fourth-order valence-corrected chi connectivity index (χ4v) is 2.66. The molecule has 0 aliphatic rings. The first kappa shape index (κ1) is 20.4. The van der Waals surface area contributed by atoms with Crippen LogP contribution in [0.2, 0.25) is 5.02 Å². The van der Waals surface area contributed by atoms with Gasteiger partial charge in [0.15, 0.2) is 11.5 Å². The highest BCUT2D eigenvalue weighted by Gasteiger charge is 2.16. The minimum atomic E-state index is -0.479. The second kappa shape index (κ2) is 9.75. The average molecular weight is 414 g/mol. The zero-order valence-corrected chi connectivity index (χ0v) is 16.6. The summed E-state index contributed by atoms with van der Waals surface area (Å²) in [6.45, 7) is 0.517. The molecular formula is C21H20ClN3O4. The van der Waals surface area contributed by atoms with Gasteiger partial charge in [0.2, 0.25) is 5.91 Å². The van der Waals surface area contributed by atoms with Gasteiger partial charge in [0.25, 0.3) is 5.91 Å². The van der Waals surface area contributed by atoms with Crippen LogP contribution in [0, 0.1) is 0 Å². The summed E-state index contributed by atoms with van der Waals surface area (Å²) >= 11 is 5.90. The van der Waals surface area contributed by atoms with E-state index in [2.05, 4.69) is 10.5 Å². The molecule has 3 aromatic rings. The van der Waals surface area contributed by atoms with Crippen LogP contribution in [-0.2, 0) is 4.79 Å². The van der Waals surface area contributed by atoms with Crippen LogP contribution in [0.3, 0.4) is 0 Å². The van der Waals surface area contributed by atoms with Gasteiger partial charge < -0.3 is 19.5 Å². The Hall–Kier alpha value is -3.32. The Morgan fingerprint density at radius 2 is 1.93 bits per heavy atom. The van der Waals surface area contributed by atoms with Crippen LogP contribution in [0.4, 0.5) is 0 Å². The topological polar surface area (TPSA) is 84.7 Å². The van der Waals surface area contributed by atoms with Crippen molar-refractivity contribution in [3.05, 3.63) is 71.4 Å². The third-order valence-electron chi connectivity index (χ3n) is 4.12. The summed E-state index contributed by atoms with van der Waals surface area (Å²) in [5, 5.41) is 6.89. The zero-order valence-electron chi connectivity index (χ0n) is 15.8. The minimum Gasteiger partial charge on any atom is -0.492 e. The van der Waals surface area contributed by atoms with E-state index in [4.69, 9.17) is 20.9 Å². The summed E-state index contributed by atoms with van der Waals surface area (Å²) in [6.07, 6.45) is 0. The Labute approximate surface area is 173 Å². The number of carbonyl (C=O) groups is 2. The van der Waals surface area contributed by atoms with E-state index in [0.29, 0.717) is 29.7 Å². The largest absolute Gasteiger partial charge is 0.492 e. The fraction of sp³-hybridized carbons (Fsp3) is 0.190. The fourth-order valence-electron chi connectivity index (χ4n) is 2.48. The molecule has 0 aliphatic heterocycles. The SMILES string of the molecule is CN(CCOc1cccc(Cl)c1)C(=O)CNC(=O)c1cc(-c2ccccc2)on1. The number of aromatic nitrogens is 1. The number of likely N-dealkylation sites (N-methyl/N-ethyl adjacent to an activating group) is 1. The number of amides is 2. The van der Waals surface area contributed by atoms with Gasteiger partial charge in [0.05, 0.1) is 13.1 Å².